The molecule has 4 aromatic rings. The maximum Gasteiger partial charge on any atom is 0.257 e. The second-order valence-corrected chi connectivity index (χ2v) is 8.04. The van der Waals surface area contributed by atoms with Crippen LogP contribution < -0.4 is 24.8 Å². The molecule has 0 aliphatic carbocycles. The van der Waals surface area contributed by atoms with E-state index < -0.39 is 11.7 Å². The summed E-state index contributed by atoms with van der Waals surface area (Å²) in [6, 6.07) is 15.7. The summed E-state index contributed by atoms with van der Waals surface area (Å²) in [7, 11) is 3.07. The van der Waals surface area contributed by atoms with Gasteiger partial charge in [0, 0.05) is 34.3 Å². The van der Waals surface area contributed by atoms with Gasteiger partial charge in [-0.05, 0) is 60.7 Å². The van der Waals surface area contributed by atoms with E-state index in [4.69, 9.17) is 38.0 Å². The average Bonchev–Trinajstić information content (AvgIpc) is 2.85. The number of halogens is 2. The third kappa shape index (κ3) is 5.59. The summed E-state index contributed by atoms with van der Waals surface area (Å²) < 4.78 is 31.4. The van der Waals surface area contributed by atoms with E-state index in [1.165, 1.54) is 26.4 Å². The van der Waals surface area contributed by atoms with E-state index in [9.17, 15) is 9.18 Å². The first-order valence-corrected chi connectivity index (χ1v) is 11.0. The molecule has 0 atom stereocenters. The third-order valence-corrected chi connectivity index (χ3v) is 5.41. The fourth-order valence-corrected chi connectivity index (χ4v) is 3.58. The maximum atomic E-state index is 14.8. The van der Waals surface area contributed by atoms with E-state index in [1.807, 2.05) is 0 Å². The van der Waals surface area contributed by atoms with Crippen LogP contribution >= 0.6 is 23.8 Å². The van der Waals surface area contributed by atoms with Crippen molar-refractivity contribution in [2.75, 3.05) is 19.5 Å². The molecule has 0 radical (unpaired) electrons. The van der Waals surface area contributed by atoms with Gasteiger partial charge in [0.15, 0.2) is 16.6 Å². The predicted octanol–water partition coefficient (Wildman–Crippen LogP) is 5.96. The summed E-state index contributed by atoms with van der Waals surface area (Å²) in [6.45, 7) is 0. The molecule has 1 aromatic heterocycles. The van der Waals surface area contributed by atoms with Crippen LogP contribution in [-0.2, 0) is 0 Å². The highest BCUT2D eigenvalue weighted by molar-refractivity contribution is 7.80. The average molecular weight is 512 g/mol. The van der Waals surface area contributed by atoms with E-state index in [2.05, 4.69) is 15.6 Å². The monoisotopic (exact) mass is 511 g/mol. The number of hydrogen-bond donors (Lipinski definition) is 2. The Morgan fingerprint density at radius 1 is 0.971 bits per heavy atom. The quantitative estimate of drug-likeness (QED) is 0.309. The molecule has 0 aliphatic heterocycles. The molecular weight excluding hydrogens is 493 g/mol. The molecule has 35 heavy (non-hydrogen) atoms. The van der Waals surface area contributed by atoms with Gasteiger partial charge in [0.1, 0.15) is 17.3 Å². The summed E-state index contributed by atoms with van der Waals surface area (Å²) in [5.74, 6) is 0.690. The van der Waals surface area contributed by atoms with E-state index >= 15 is 0 Å². The molecule has 0 unspecified atom stereocenters. The zero-order chi connectivity index (χ0) is 24.9. The van der Waals surface area contributed by atoms with Crippen molar-refractivity contribution in [2.45, 2.75) is 0 Å². The first-order valence-electron chi connectivity index (χ1n) is 10.2. The van der Waals surface area contributed by atoms with Crippen LogP contribution in [0.25, 0.3) is 10.9 Å². The number of pyridine rings is 1. The standard InChI is InChI=1S/C25H19ClFN3O4S/c1-32-22-12-17-20(13-23(22)33-2)28-10-9-21(17)34-16-7-8-19(18(27)11-16)29-25(35)30-24(31)14-3-5-15(26)6-4-14/h3-13H,1-2H3,(H2,29,30,31,35). The number of thiocarbonyl (C=S) groups is 1. The smallest absolute Gasteiger partial charge is 0.257 e. The van der Waals surface area contributed by atoms with Crippen LogP contribution in [-0.4, -0.2) is 30.2 Å². The number of amides is 1. The fraction of sp³-hybridized carbons (Fsp3) is 0.0800. The number of methoxy groups -OCH3 is 2. The molecule has 178 valence electrons. The molecule has 3 aromatic carbocycles. The Labute approximate surface area is 210 Å². The maximum absolute atomic E-state index is 14.8. The number of nitrogens with one attached hydrogen (secondary N) is 2. The topological polar surface area (TPSA) is 81.7 Å². The Hall–Kier alpha value is -3.95. The van der Waals surface area contributed by atoms with Crippen molar-refractivity contribution in [3.05, 3.63) is 83.3 Å². The molecule has 10 heteroatoms. The van der Waals surface area contributed by atoms with Crippen molar-refractivity contribution in [2.24, 2.45) is 0 Å². The molecule has 0 fully saturated rings. The number of rotatable bonds is 6. The van der Waals surface area contributed by atoms with Crippen molar-refractivity contribution in [3.63, 3.8) is 0 Å². The summed E-state index contributed by atoms with van der Waals surface area (Å²) in [5, 5.41) is 6.28. The van der Waals surface area contributed by atoms with Crippen LogP contribution in [0.2, 0.25) is 5.02 Å². The van der Waals surface area contributed by atoms with Crippen molar-refractivity contribution in [1.29, 1.82) is 0 Å². The summed E-state index contributed by atoms with van der Waals surface area (Å²) in [6.07, 6.45) is 1.58. The summed E-state index contributed by atoms with van der Waals surface area (Å²) in [5.41, 5.74) is 1.06. The SMILES string of the molecule is COc1cc2nccc(Oc3ccc(NC(=S)NC(=O)c4ccc(Cl)cc4)c(F)c3)c2cc1OC. The number of nitrogens with zero attached hydrogens (tertiary/aromatic N) is 1. The van der Waals surface area contributed by atoms with Crippen LogP contribution in [0.5, 0.6) is 23.0 Å². The van der Waals surface area contributed by atoms with Crippen LogP contribution in [0.15, 0.2) is 66.9 Å². The van der Waals surface area contributed by atoms with Gasteiger partial charge in [-0.1, -0.05) is 11.6 Å². The van der Waals surface area contributed by atoms with Crippen molar-refractivity contribution in [3.8, 4) is 23.0 Å². The molecule has 1 heterocycles. The summed E-state index contributed by atoms with van der Waals surface area (Å²) in [4.78, 5) is 16.6. The fourth-order valence-electron chi connectivity index (χ4n) is 3.25. The van der Waals surface area contributed by atoms with E-state index in [-0.39, 0.29) is 16.5 Å². The minimum absolute atomic E-state index is 0.0568. The molecule has 2 N–H and O–H groups in total. The molecule has 4 rings (SSSR count). The number of fused-ring (bicyclic) bond motifs is 1. The van der Waals surface area contributed by atoms with Gasteiger partial charge in [-0.15, -0.1) is 0 Å². The zero-order valence-electron chi connectivity index (χ0n) is 18.6. The third-order valence-electron chi connectivity index (χ3n) is 4.96. The Morgan fingerprint density at radius 3 is 2.37 bits per heavy atom. The number of anilines is 1. The van der Waals surface area contributed by atoms with Gasteiger partial charge in [-0.25, -0.2) is 4.39 Å². The lowest BCUT2D eigenvalue weighted by molar-refractivity contribution is 0.0977. The minimum Gasteiger partial charge on any atom is -0.493 e. The normalized spacial score (nSPS) is 10.5. The van der Waals surface area contributed by atoms with Gasteiger partial charge >= 0.3 is 0 Å². The van der Waals surface area contributed by atoms with E-state index in [1.54, 1.807) is 54.7 Å². The van der Waals surface area contributed by atoms with E-state index in [0.29, 0.717) is 38.7 Å². The number of aromatic nitrogens is 1. The number of ether oxygens (including phenoxy) is 3. The molecule has 0 saturated carbocycles. The summed E-state index contributed by atoms with van der Waals surface area (Å²) >= 11 is 11.0. The molecule has 7 nitrogen and oxygen atoms in total. The molecule has 0 spiro atoms. The highest BCUT2D eigenvalue weighted by Crippen LogP contribution is 2.37. The lowest BCUT2D eigenvalue weighted by Gasteiger charge is -2.14. The van der Waals surface area contributed by atoms with Crippen LogP contribution in [0.1, 0.15) is 10.4 Å². The number of carbonyl (C=O) groups excluding carboxylic acids is 1. The minimum atomic E-state index is -0.622. The molecule has 1 amide bonds. The lowest BCUT2D eigenvalue weighted by Crippen LogP contribution is -2.34. The molecule has 0 saturated heterocycles. The molecular formula is C25H19ClFN3O4S. The van der Waals surface area contributed by atoms with Gasteiger partial charge in [0.05, 0.1) is 25.4 Å². The first kappa shape index (κ1) is 24.2. The van der Waals surface area contributed by atoms with E-state index in [0.717, 1.165) is 0 Å². The predicted molar refractivity (Wildman–Crippen MR) is 136 cm³/mol. The Bertz CT molecular complexity index is 1420. The van der Waals surface area contributed by atoms with Crippen LogP contribution in [0.3, 0.4) is 0 Å². The van der Waals surface area contributed by atoms with Crippen molar-refractivity contribution in [1.82, 2.24) is 10.3 Å². The van der Waals surface area contributed by atoms with Crippen LogP contribution in [0.4, 0.5) is 10.1 Å². The van der Waals surface area contributed by atoms with Gasteiger partial charge in [0.25, 0.3) is 5.91 Å². The highest BCUT2D eigenvalue weighted by atomic mass is 35.5. The number of benzene rings is 3. The number of carbonyl (C=O) groups is 1. The largest absolute Gasteiger partial charge is 0.493 e. The Morgan fingerprint density at radius 2 is 1.69 bits per heavy atom. The highest BCUT2D eigenvalue weighted by Gasteiger charge is 2.14. The van der Waals surface area contributed by atoms with Gasteiger partial charge in [-0.3, -0.25) is 15.1 Å². The van der Waals surface area contributed by atoms with Gasteiger partial charge in [-0.2, -0.15) is 0 Å². The zero-order valence-corrected chi connectivity index (χ0v) is 20.2. The second kappa shape index (κ2) is 10.5. The van der Waals surface area contributed by atoms with Crippen LogP contribution in [0, 0.1) is 5.82 Å². The van der Waals surface area contributed by atoms with Gasteiger partial charge in [0.2, 0.25) is 0 Å². The van der Waals surface area contributed by atoms with Crippen molar-refractivity contribution >= 4 is 51.4 Å². The van der Waals surface area contributed by atoms with Gasteiger partial charge < -0.3 is 19.5 Å². The number of hydrogen-bond acceptors (Lipinski definition) is 6. The Kier molecular flexibility index (Phi) is 7.28. The lowest BCUT2D eigenvalue weighted by atomic mass is 10.2. The molecule has 0 aliphatic rings. The second-order valence-electron chi connectivity index (χ2n) is 7.19. The van der Waals surface area contributed by atoms with Crippen molar-refractivity contribution < 1.29 is 23.4 Å². The molecule has 0 bridgehead atoms. The first-order chi connectivity index (χ1) is 16.9. The Balaban J connectivity index is 1.48.